The smallest absolute Gasteiger partial charge is 0.258 e. The Morgan fingerprint density at radius 1 is 1.34 bits per heavy atom. The van der Waals surface area contributed by atoms with Crippen LogP contribution in [-0.2, 0) is 14.3 Å². The van der Waals surface area contributed by atoms with Crippen LogP contribution in [0.3, 0.4) is 0 Å². The second-order valence-electron chi connectivity index (χ2n) is 7.76. The first-order valence-electron chi connectivity index (χ1n) is 10.5. The monoisotopic (exact) mass is 433 g/mol. The number of aryl methyl sites for hydroxylation is 1. The number of morpholine rings is 1. The maximum atomic E-state index is 12.8. The van der Waals surface area contributed by atoms with E-state index in [1.807, 2.05) is 43.0 Å². The number of nitrogens with zero attached hydrogens (tertiary/aromatic N) is 4. The highest BCUT2D eigenvalue weighted by Gasteiger charge is 2.43. The van der Waals surface area contributed by atoms with Crippen molar-refractivity contribution in [1.29, 1.82) is 5.26 Å². The van der Waals surface area contributed by atoms with Crippen LogP contribution in [0.2, 0.25) is 0 Å². The van der Waals surface area contributed by atoms with Crippen molar-refractivity contribution in [2.45, 2.75) is 32.3 Å². The van der Waals surface area contributed by atoms with Gasteiger partial charge in [0.1, 0.15) is 23.6 Å². The van der Waals surface area contributed by atoms with Gasteiger partial charge in [0.15, 0.2) is 12.4 Å². The quantitative estimate of drug-likeness (QED) is 0.616. The first-order valence-corrected chi connectivity index (χ1v) is 10.5. The van der Waals surface area contributed by atoms with Crippen molar-refractivity contribution < 1.29 is 14.3 Å². The number of benzene rings is 1. The number of amides is 1. The number of allylic oxidation sites excluding steroid dienone is 1. The molecule has 1 unspecified atom stereocenters. The second-order valence-corrected chi connectivity index (χ2v) is 7.76. The van der Waals surface area contributed by atoms with Gasteiger partial charge in [-0.05, 0) is 31.5 Å². The van der Waals surface area contributed by atoms with Crippen molar-refractivity contribution >= 4 is 28.8 Å². The van der Waals surface area contributed by atoms with Gasteiger partial charge in [0, 0.05) is 25.8 Å². The van der Waals surface area contributed by atoms with Gasteiger partial charge < -0.3 is 25.0 Å². The number of nitrogens with one attached hydrogen (secondary N) is 3. The van der Waals surface area contributed by atoms with Gasteiger partial charge >= 0.3 is 0 Å². The molecule has 0 saturated carbocycles. The number of rotatable bonds is 4. The van der Waals surface area contributed by atoms with Crippen molar-refractivity contribution in [3.8, 4) is 6.07 Å². The summed E-state index contributed by atoms with van der Waals surface area (Å²) in [6, 6.07) is 10.2. The van der Waals surface area contributed by atoms with Crippen molar-refractivity contribution in [3.05, 3.63) is 47.5 Å². The first kappa shape index (κ1) is 20.4. The number of hydrogen-bond acceptors (Lipinski definition) is 9. The summed E-state index contributed by atoms with van der Waals surface area (Å²) in [5, 5.41) is 19.3. The number of fused-ring (bicyclic) bond motifs is 3. The molecule has 5 rings (SSSR count). The number of carbonyl (C=O) groups excluding carboxylic acids is 1. The van der Waals surface area contributed by atoms with E-state index in [1.165, 1.54) is 0 Å². The topological polar surface area (TPSA) is 124 Å². The van der Waals surface area contributed by atoms with E-state index in [2.05, 4.69) is 32.0 Å². The van der Waals surface area contributed by atoms with Crippen molar-refractivity contribution in [3.63, 3.8) is 0 Å². The molecule has 3 N–H and O–H groups in total. The van der Waals surface area contributed by atoms with E-state index < -0.39 is 12.4 Å². The van der Waals surface area contributed by atoms with Crippen LogP contribution in [0.1, 0.15) is 18.2 Å². The Bertz CT molecular complexity index is 1140. The minimum absolute atomic E-state index is 0.112. The minimum atomic E-state index is -0.737. The number of para-hydroxylation sites is 2. The zero-order chi connectivity index (χ0) is 22.2. The second kappa shape index (κ2) is 8.20. The summed E-state index contributed by atoms with van der Waals surface area (Å²) in [6.07, 6.45) is 0.0812. The third-order valence-corrected chi connectivity index (χ3v) is 5.70. The molecule has 4 heterocycles. The van der Waals surface area contributed by atoms with Crippen LogP contribution in [0.4, 0.5) is 17.3 Å². The van der Waals surface area contributed by atoms with Gasteiger partial charge in [-0.25, -0.2) is 9.97 Å². The highest BCUT2D eigenvalue weighted by atomic mass is 16.7. The lowest BCUT2D eigenvalue weighted by atomic mass is 10.1. The molecule has 1 aromatic carbocycles. The van der Waals surface area contributed by atoms with E-state index in [0.717, 1.165) is 16.9 Å². The molecule has 164 valence electrons. The predicted octanol–water partition coefficient (Wildman–Crippen LogP) is 1.58. The van der Waals surface area contributed by atoms with E-state index in [0.29, 0.717) is 36.7 Å². The number of aromatic nitrogens is 2. The van der Waals surface area contributed by atoms with Crippen LogP contribution < -0.4 is 20.9 Å². The van der Waals surface area contributed by atoms with Crippen molar-refractivity contribution in [2.24, 2.45) is 0 Å². The molecule has 3 aliphatic rings. The van der Waals surface area contributed by atoms with E-state index in [1.54, 1.807) is 6.20 Å². The van der Waals surface area contributed by atoms with Gasteiger partial charge in [-0.2, -0.15) is 5.26 Å². The summed E-state index contributed by atoms with van der Waals surface area (Å²) >= 11 is 0. The fourth-order valence-electron chi connectivity index (χ4n) is 4.19. The fraction of sp³-hybridized carbons (Fsp3) is 0.364. The third-order valence-electron chi connectivity index (χ3n) is 5.70. The lowest BCUT2D eigenvalue weighted by Gasteiger charge is -2.20. The Hall–Kier alpha value is -3.52. The molecule has 3 atom stereocenters. The highest BCUT2D eigenvalue weighted by molar-refractivity contribution is 5.94. The third kappa shape index (κ3) is 3.46. The Kier molecular flexibility index (Phi) is 5.22. The summed E-state index contributed by atoms with van der Waals surface area (Å²) in [6.45, 7) is 5.62. The highest BCUT2D eigenvalue weighted by Crippen LogP contribution is 2.38. The molecular formula is C22H23N7O3. The minimum Gasteiger partial charge on any atom is -0.343 e. The van der Waals surface area contributed by atoms with Crippen LogP contribution in [0.5, 0.6) is 0 Å². The van der Waals surface area contributed by atoms with Crippen LogP contribution >= 0.6 is 0 Å². The number of anilines is 3. The van der Waals surface area contributed by atoms with E-state index >= 15 is 0 Å². The largest absolute Gasteiger partial charge is 0.343 e. The lowest BCUT2D eigenvalue weighted by Crippen LogP contribution is -2.43. The fourth-order valence-corrected chi connectivity index (χ4v) is 4.19. The number of nitriles is 1. The Morgan fingerprint density at radius 3 is 2.97 bits per heavy atom. The van der Waals surface area contributed by atoms with Crippen LogP contribution in [0, 0.1) is 18.3 Å². The number of carbonyl (C=O) groups is 1. The number of hydrogen-bond donors (Lipinski definition) is 3. The summed E-state index contributed by atoms with van der Waals surface area (Å²) in [5.41, 5.74) is 3.47. The molecule has 1 amide bonds. The molecule has 2 saturated heterocycles. The SMILES string of the molecule is CCN1/C(=C(\C#N)c2nc(NC(=O)[C@H]3OC4CNC[C@@H]3O4)ncc2C)Nc2ccccc21. The molecule has 10 nitrogen and oxygen atoms in total. The van der Waals surface area contributed by atoms with Gasteiger partial charge in [-0.3, -0.25) is 10.1 Å². The average Bonchev–Trinajstić information content (AvgIpc) is 3.32. The molecule has 3 aliphatic heterocycles. The summed E-state index contributed by atoms with van der Waals surface area (Å²) < 4.78 is 11.3. The van der Waals surface area contributed by atoms with E-state index in [-0.39, 0.29) is 18.0 Å². The van der Waals surface area contributed by atoms with Crippen LogP contribution in [0.25, 0.3) is 5.57 Å². The standard InChI is InChI=1S/C22H23N7O3/c1-3-29-15-7-5-4-6-14(15)26-20(29)13(8-23)18-12(2)9-25-22(27-18)28-21(30)19-16-10-24-11-17(31-16)32-19/h4-7,9,16-17,19,24,26H,3,10-11H2,1-2H3,(H,25,27,28,30)/b20-13+/t16-,17?,19-/m0/s1. The molecule has 0 radical (unpaired) electrons. The Balaban J connectivity index is 1.45. The molecule has 2 aromatic rings. The molecule has 0 spiro atoms. The maximum absolute atomic E-state index is 12.8. The van der Waals surface area contributed by atoms with E-state index in [4.69, 9.17) is 9.47 Å². The molecule has 10 heteroatoms. The van der Waals surface area contributed by atoms with Crippen molar-refractivity contribution in [1.82, 2.24) is 15.3 Å². The van der Waals surface area contributed by atoms with Gasteiger partial charge in [0.25, 0.3) is 5.91 Å². The summed E-state index contributed by atoms with van der Waals surface area (Å²) in [7, 11) is 0. The lowest BCUT2D eigenvalue weighted by molar-refractivity contribution is -0.127. The van der Waals surface area contributed by atoms with Gasteiger partial charge in [0.05, 0.1) is 17.1 Å². The van der Waals surface area contributed by atoms with Crippen LogP contribution in [0.15, 0.2) is 36.3 Å². The molecule has 32 heavy (non-hydrogen) atoms. The Labute approximate surface area is 185 Å². The number of ether oxygens (including phenoxy) is 2. The average molecular weight is 433 g/mol. The molecular weight excluding hydrogens is 410 g/mol. The van der Waals surface area contributed by atoms with Crippen molar-refractivity contribution in [2.75, 3.05) is 35.2 Å². The van der Waals surface area contributed by atoms with Gasteiger partial charge in [0.2, 0.25) is 5.95 Å². The normalized spacial score (nSPS) is 25.0. The summed E-state index contributed by atoms with van der Waals surface area (Å²) in [4.78, 5) is 23.6. The summed E-state index contributed by atoms with van der Waals surface area (Å²) in [5.74, 6) is 0.395. The van der Waals surface area contributed by atoms with Gasteiger partial charge in [-0.1, -0.05) is 12.1 Å². The molecule has 2 fully saturated rings. The van der Waals surface area contributed by atoms with E-state index in [9.17, 15) is 10.1 Å². The first-order chi connectivity index (χ1) is 15.6. The Morgan fingerprint density at radius 2 is 2.19 bits per heavy atom. The van der Waals surface area contributed by atoms with Crippen LogP contribution in [-0.4, -0.2) is 54.0 Å². The molecule has 1 aromatic heterocycles. The zero-order valence-corrected chi connectivity index (χ0v) is 17.8. The molecule has 2 bridgehead atoms. The predicted molar refractivity (Wildman–Crippen MR) is 117 cm³/mol. The zero-order valence-electron chi connectivity index (χ0n) is 17.8. The maximum Gasteiger partial charge on any atom is 0.258 e. The van der Waals surface area contributed by atoms with Gasteiger partial charge in [-0.15, -0.1) is 0 Å². The molecule has 0 aliphatic carbocycles.